The van der Waals surface area contributed by atoms with Crippen LogP contribution in [0, 0.1) is 13.8 Å². The Morgan fingerprint density at radius 3 is 2.65 bits per heavy atom. The van der Waals surface area contributed by atoms with Gasteiger partial charge in [0.15, 0.2) is 5.69 Å². The van der Waals surface area contributed by atoms with Gasteiger partial charge in [-0.3, -0.25) is 0 Å². The number of hydrogen-bond donors (Lipinski definition) is 1. The van der Waals surface area contributed by atoms with Gasteiger partial charge < -0.3 is 15.2 Å². The third kappa shape index (κ3) is 2.99. The lowest BCUT2D eigenvalue weighted by molar-refractivity contribution is 0.304. The van der Waals surface area contributed by atoms with Gasteiger partial charge in [-0.2, -0.15) is 9.97 Å². The van der Waals surface area contributed by atoms with E-state index in [-0.39, 0.29) is 0 Å². The number of aryl methyl sites for hydroxylation is 1. The maximum absolute atomic E-state index is 5.99. The van der Waals surface area contributed by atoms with Crippen molar-refractivity contribution in [3.8, 4) is 17.5 Å². The summed E-state index contributed by atoms with van der Waals surface area (Å²) in [6, 6.07) is 5.85. The van der Waals surface area contributed by atoms with Gasteiger partial charge in [-0.25, -0.2) is 0 Å². The van der Waals surface area contributed by atoms with E-state index in [0.717, 1.165) is 23.3 Å². The number of nitrogens with zero attached hydrogens (tertiary/aromatic N) is 2. The number of aromatic nitrogens is 2. The molecular weight excluding hydrogens is 254 g/mol. The molecule has 0 unspecified atom stereocenters. The van der Waals surface area contributed by atoms with Crippen LogP contribution in [0.15, 0.2) is 24.5 Å². The molecule has 0 bridgehead atoms. The fourth-order valence-electron chi connectivity index (χ4n) is 1.70. The fraction of sp³-hybridized carbons (Fsp3) is 0.333. The van der Waals surface area contributed by atoms with Crippen LogP contribution in [-0.4, -0.2) is 16.6 Å². The first-order valence-electron chi connectivity index (χ1n) is 6.60. The molecule has 0 aliphatic heterocycles. The van der Waals surface area contributed by atoms with Gasteiger partial charge in [0.05, 0.1) is 6.61 Å². The lowest BCUT2D eigenvalue weighted by Gasteiger charge is -2.12. The topological polar surface area (TPSA) is 70.3 Å². The van der Waals surface area contributed by atoms with Crippen molar-refractivity contribution >= 4 is 5.69 Å². The summed E-state index contributed by atoms with van der Waals surface area (Å²) in [6.07, 6.45) is 2.28. The zero-order valence-electron chi connectivity index (χ0n) is 12.0. The van der Waals surface area contributed by atoms with Crippen molar-refractivity contribution in [3.63, 3.8) is 0 Å². The van der Waals surface area contributed by atoms with E-state index in [2.05, 4.69) is 9.97 Å². The molecule has 2 N–H and O–H groups in total. The molecular formula is C15H19N3O2. The second-order valence-corrected chi connectivity index (χ2v) is 4.55. The van der Waals surface area contributed by atoms with Crippen molar-refractivity contribution < 1.29 is 9.47 Å². The van der Waals surface area contributed by atoms with Gasteiger partial charge in [0.1, 0.15) is 12.1 Å². The third-order valence-electron chi connectivity index (χ3n) is 3.02. The molecule has 0 amide bonds. The Morgan fingerprint density at radius 1 is 1.15 bits per heavy atom. The van der Waals surface area contributed by atoms with Crippen molar-refractivity contribution in [1.82, 2.24) is 9.97 Å². The highest BCUT2D eigenvalue weighted by Crippen LogP contribution is 2.32. The third-order valence-corrected chi connectivity index (χ3v) is 3.02. The van der Waals surface area contributed by atoms with Gasteiger partial charge in [-0.15, -0.1) is 0 Å². The molecule has 20 heavy (non-hydrogen) atoms. The Balaban J connectivity index is 2.27. The molecule has 0 saturated heterocycles. The molecule has 0 aliphatic rings. The number of ether oxygens (including phenoxy) is 2. The van der Waals surface area contributed by atoms with Gasteiger partial charge >= 0.3 is 0 Å². The molecule has 0 fully saturated rings. The van der Waals surface area contributed by atoms with E-state index in [4.69, 9.17) is 15.2 Å². The van der Waals surface area contributed by atoms with Crippen LogP contribution >= 0.6 is 0 Å². The average molecular weight is 273 g/mol. The number of nitrogens with two attached hydrogens (primary N) is 1. The summed E-state index contributed by atoms with van der Waals surface area (Å²) < 4.78 is 11.2. The molecule has 0 spiro atoms. The summed E-state index contributed by atoms with van der Waals surface area (Å²) in [5, 5.41) is 0. The van der Waals surface area contributed by atoms with E-state index in [1.807, 2.05) is 39.0 Å². The van der Waals surface area contributed by atoms with Crippen molar-refractivity contribution in [2.45, 2.75) is 27.2 Å². The van der Waals surface area contributed by atoms with Crippen LogP contribution < -0.4 is 15.2 Å². The second-order valence-electron chi connectivity index (χ2n) is 4.55. The SMILES string of the molecule is CCCOc1ncnc(Oc2cccc(C)c2C)c1N. The molecule has 1 aromatic carbocycles. The van der Waals surface area contributed by atoms with Crippen molar-refractivity contribution in [1.29, 1.82) is 0 Å². The largest absolute Gasteiger partial charge is 0.476 e. The molecule has 2 rings (SSSR count). The van der Waals surface area contributed by atoms with Crippen LogP contribution in [0.3, 0.4) is 0 Å². The summed E-state index contributed by atoms with van der Waals surface area (Å²) >= 11 is 0. The van der Waals surface area contributed by atoms with Crippen LogP contribution in [0.25, 0.3) is 0 Å². The number of anilines is 1. The standard InChI is InChI=1S/C15H19N3O2/c1-4-8-19-14-13(16)15(18-9-17-14)20-12-7-5-6-10(2)11(12)3/h5-7,9H,4,8,16H2,1-3H3. The van der Waals surface area contributed by atoms with E-state index in [1.54, 1.807) is 0 Å². The molecule has 0 radical (unpaired) electrons. The predicted molar refractivity (Wildman–Crippen MR) is 78.2 cm³/mol. The summed E-state index contributed by atoms with van der Waals surface area (Å²) in [6.45, 7) is 6.60. The van der Waals surface area contributed by atoms with E-state index in [0.29, 0.717) is 24.1 Å². The second kappa shape index (κ2) is 6.23. The summed E-state index contributed by atoms with van der Waals surface area (Å²) in [7, 11) is 0. The molecule has 0 saturated carbocycles. The van der Waals surface area contributed by atoms with E-state index < -0.39 is 0 Å². The van der Waals surface area contributed by atoms with Crippen LogP contribution in [-0.2, 0) is 0 Å². The summed E-state index contributed by atoms with van der Waals surface area (Å²) in [5.74, 6) is 1.42. The minimum atomic E-state index is 0.319. The maximum atomic E-state index is 5.99. The Kier molecular flexibility index (Phi) is 4.40. The first kappa shape index (κ1) is 14.1. The van der Waals surface area contributed by atoms with E-state index in [9.17, 15) is 0 Å². The molecule has 2 aromatic rings. The average Bonchev–Trinajstić information content (AvgIpc) is 2.44. The summed E-state index contributed by atoms with van der Waals surface area (Å²) in [4.78, 5) is 8.09. The lowest BCUT2D eigenvalue weighted by atomic mass is 10.1. The highest BCUT2D eigenvalue weighted by molar-refractivity contribution is 5.57. The monoisotopic (exact) mass is 273 g/mol. The van der Waals surface area contributed by atoms with Crippen LogP contribution in [0.5, 0.6) is 17.5 Å². The van der Waals surface area contributed by atoms with Gasteiger partial charge in [0.25, 0.3) is 0 Å². The zero-order valence-corrected chi connectivity index (χ0v) is 12.0. The highest BCUT2D eigenvalue weighted by Gasteiger charge is 2.12. The minimum Gasteiger partial charge on any atom is -0.476 e. The van der Waals surface area contributed by atoms with Crippen LogP contribution in [0.1, 0.15) is 24.5 Å². The Hall–Kier alpha value is -2.30. The van der Waals surface area contributed by atoms with Crippen LogP contribution in [0.2, 0.25) is 0 Å². The Bertz CT molecular complexity index is 600. The molecule has 5 nitrogen and oxygen atoms in total. The molecule has 1 heterocycles. The number of nitrogen functional groups attached to an aromatic ring is 1. The van der Waals surface area contributed by atoms with E-state index in [1.165, 1.54) is 6.33 Å². The maximum Gasteiger partial charge on any atom is 0.249 e. The quantitative estimate of drug-likeness (QED) is 0.905. The normalized spacial score (nSPS) is 10.3. The van der Waals surface area contributed by atoms with Crippen LogP contribution in [0.4, 0.5) is 5.69 Å². The van der Waals surface area contributed by atoms with Gasteiger partial charge in [0.2, 0.25) is 11.8 Å². The molecule has 1 aromatic heterocycles. The first-order valence-corrected chi connectivity index (χ1v) is 6.60. The summed E-state index contributed by atoms with van der Waals surface area (Å²) in [5.41, 5.74) is 8.51. The van der Waals surface area contributed by atoms with E-state index >= 15 is 0 Å². The van der Waals surface area contributed by atoms with Gasteiger partial charge in [-0.1, -0.05) is 19.1 Å². The molecule has 0 aliphatic carbocycles. The highest BCUT2D eigenvalue weighted by atomic mass is 16.5. The number of rotatable bonds is 5. The number of benzene rings is 1. The zero-order chi connectivity index (χ0) is 14.5. The molecule has 0 atom stereocenters. The predicted octanol–water partition coefficient (Wildman–Crippen LogP) is 3.26. The number of hydrogen-bond acceptors (Lipinski definition) is 5. The Morgan fingerprint density at radius 2 is 1.90 bits per heavy atom. The molecule has 5 heteroatoms. The van der Waals surface area contributed by atoms with Crippen molar-refractivity contribution in [2.75, 3.05) is 12.3 Å². The van der Waals surface area contributed by atoms with Gasteiger partial charge in [0, 0.05) is 0 Å². The fourth-order valence-corrected chi connectivity index (χ4v) is 1.70. The smallest absolute Gasteiger partial charge is 0.249 e. The first-order chi connectivity index (χ1) is 9.63. The lowest BCUT2D eigenvalue weighted by Crippen LogP contribution is -2.04. The van der Waals surface area contributed by atoms with Gasteiger partial charge in [-0.05, 0) is 37.5 Å². The van der Waals surface area contributed by atoms with Crippen molar-refractivity contribution in [3.05, 3.63) is 35.7 Å². The Labute approximate surface area is 118 Å². The molecule has 106 valence electrons. The minimum absolute atomic E-state index is 0.319. The van der Waals surface area contributed by atoms with Crippen molar-refractivity contribution in [2.24, 2.45) is 0 Å².